The molecule has 0 unspecified atom stereocenters. The maximum absolute atomic E-state index is 9.25. The fourth-order valence-corrected chi connectivity index (χ4v) is 1.12. The van der Waals surface area contributed by atoms with E-state index in [-0.39, 0.29) is 11.8 Å². The molecule has 1 rings (SSSR count). The van der Waals surface area contributed by atoms with Crippen LogP contribution in [0.1, 0.15) is 17.2 Å². The number of phenolic OH excluding ortho intramolecular Hbond substituents is 1. The topological polar surface area (TPSA) is 46.2 Å². The second kappa shape index (κ2) is 3.41. The van der Waals surface area contributed by atoms with Gasteiger partial charge in [-0.15, -0.1) is 6.58 Å². The zero-order valence-electron chi connectivity index (χ0n) is 7.12. The number of phenols is 1. The van der Waals surface area contributed by atoms with E-state index in [1.165, 1.54) is 0 Å². The van der Waals surface area contributed by atoms with Crippen molar-refractivity contribution >= 4 is 0 Å². The summed E-state index contributed by atoms with van der Waals surface area (Å²) in [5.41, 5.74) is 7.60. The lowest BCUT2D eigenvalue weighted by Gasteiger charge is -2.07. The first-order chi connectivity index (χ1) is 5.63. The van der Waals surface area contributed by atoms with Gasteiger partial charge in [0.05, 0.1) is 0 Å². The summed E-state index contributed by atoms with van der Waals surface area (Å²) in [6.07, 6.45) is 1.65. The Morgan fingerprint density at radius 1 is 1.50 bits per heavy atom. The quantitative estimate of drug-likeness (QED) is 0.654. The Kier molecular flexibility index (Phi) is 2.51. The van der Waals surface area contributed by atoms with Gasteiger partial charge < -0.3 is 10.8 Å². The second-order valence-electron chi connectivity index (χ2n) is 2.86. The summed E-state index contributed by atoms with van der Waals surface area (Å²) in [5, 5.41) is 9.25. The highest BCUT2D eigenvalue weighted by molar-refractivity contribution is 5.35. The van der Waals surface area contributed by atoms with Gasteiger partial charge in [-0.3, -0.25) is 0 Å². The third-order valence-corrected chi connectivity index (χ3v) is 1.72. The number of aryl methyl sites for hydroxylation is 1. The molecule has 0 heterocycles. The minimum atomic E-state index is -0.198. The van der Waals surface area contributed by atoms with Crippen LogP contribution in [0.4, 0.5) is 0 Å². The molecule has 3 N–H and O–H groups in total. The Hall–Kier alpha value is -1.28. The smallest absolute Gasteiger partial charge is 0.116 e. The predicted molar refractivity (Wildman–Crippen MR) is 50.0 cm³/mol. The van der Waals surface area contributed by atoms with E-state index in [9.17, 15) is 5.11 Å². The normalized spacial score (nSPS) is 12.5. The number of hydrogen-bond donors (Lipinski definition) is 2. The first-order valence-corrected chi connectivity index (χ1v) is 3.82. The van der Waals surface area contributed by atoms with E-state index in [0.717, 1.165) is 11.1 Å². The summed E-state index contributed by atoms with van der Waals surface area (Å²) in [6, 6.07) is 5.08. The van der Waals surface area contributed by atoms with Crippen LogP contribution in [0.25, 0.3) is 0 Å². The fourth-order valence-electron chi connectivity index (χ4n) is 1.12. The molecule has 0 saturated carbocycles. The van der Waals surface area contributed by atoms with Crippen LogP contribution in [0.3, 0.4) is 0 Å². The molecule has 0 amide bonds. The van der Waals surface area contributed by atoms with Crippen molar-refractivity contribution in [2.24, 2.45) is 5.73 Å². The van der Waals surface area contributed by atoms with Crippen molar-refractivity contribution in [1.82, 2.24) is 0 Å². The molecule has 0 bridgehead atoms. The van der Waals surface area contributed by atoms with E-state index < -0.39 is 0 Å². The van der Waals surface area contributed by atoms with Gasteiger partial charge in [-0.05, 0) is 30.2 Å². The number of benzene rings is 1. The number of hydrogen-bond acceptors (Lipinski definition) is 2. The molecule has 0 spiro atoms. The molecule has 0 aliphatic heterocycles. The average molecular weight is 163 g/mol. The van der Waals surface area contributed by atoms with Gasteiger partial charge in [-0.1, -0.05) is 12.1 Å². The molecule has 1 aromatic rings. The van der Waals surface area contributed by atoms with Crippen molar-refractivity contribution in [2.75, 3.05) is 0 Å². The Labute approximate surface area is 72.3 Å². The molecule has 64 valence electrons. The molecule has 0 saturated heterocycles. The minimum Gasteiger partial charge on any atom is -0.508 e. The van der Waals surface area contributed by atoms with Crippen molar-refractivity contribution in [2.45, 2.75) is 13.0 Å². The highest BCUT2D eigenvalue weighted by Gasteiger charge is 2.02. The molecule has 2 nitrogen and oxygen atoms in total. The third kappa shape index (κ3) is 1.86. The van der Waals surface area contributed by atoms with Crippen LogP contribution >= 0.6 is 0 Å². The van der Waals surface area contributed by atoms with Gasteiger partial charge in [-0.25, -0.2) is 0 Å². The van der Waals surface area contributed by atoms with Crippen LogP contribution in [0.5, 0.6) is 5.75 Å². The molecular formula is C10H13NO. The predicted octanol–water partition coefficient (Wildman–Crippen LogP) is 1.89. The zero-order valence-corrected chi connectivity index (χ0v) is 7.12. The van der Waals surface area contributed by atoms with Gasteiger partial charge in [0.2, 0.25) is 0 Å². The van der Waals surface area contributed by atoms with Gasteiger partial charge >= 0.3 is 0 Å². The largest absolute Gasteiger partial charge is 0.508 e. The van der Waals surface area contributed by atoms with Crippen LogP contribution in [0, 0.1) is 6.92 Å². The molecule has 2 heteroatoms. The standard InChI is InChI=1S/C10H13NO/c1-3-10(11)8-4-7(2)5-9(12)6-8/h3-6,10,12H,1,11H2,2H3/t10-/m0/s1. The molecule has 1 aromatic carbocycles. The number of aromatic hydroxyl groups is 1. The highest BCUT2D eigenvalue weighted by Crippen LogP contribution is 2.19. The fraction of sp³-hybridized carbons (Fsp3) is 0.200. The minimum absolute atomic E-state index is 0.198. The molecule has 0 aliphatic rings. The lowest BCUT2D eigenvalue weighted by Crippen LogP contribution is -2.06. The lowest BCUT2D eigenvalue weighted by atomic mass is 10.0. The van der Waals surface area contributed by atoms with Crippen molar-refractivity contribution in [3.05, 3.63) is 42.0 Å². The Balaban J connectivity index is 3.08. The van der Waals surface area contributed by atoms with Crippen molar-refractivity contribution < 1.29 is 5.11 Å². The van der Waals surface area contributed by atoms with Crippen molar-refractivity contribution in [3.63, 3.8) is 0 Å². The molecular weight excluding hydrogens is 150 g/mol. The molecule has 0 aromatic heterocycles. The Morgan fingerprint density at radius 3 is 2.67 bits per heavy atom. The zero-order chi connectivity index (χ0) is 9.14. The van der Waals surface area contributed by atoms with Crippen molar-refractivity contribution in [3.8, 4) is 5.75 Å². The average Bonchev–Trinajstić information content (AvgIpc) is 2.01. The van der Waals surface area contributed by atoms with Crippen LogP contribution in [-0.4, -0.2) is 5.11 Å². The van der Waals surface area contributed by atoms with Gasteiger partial charge in [0.1, 0.15) is 5.75 Å². The van der Waals surface area contributed by atoms with Gasteiger partial charge in [0.25, 0.3) is 0 Å². The Bertz CT molecular complexity index is 274. The first-order valence-electron chi connectivity index (χ1n) is 3.82. The molecule has 0 fully saturated rings. The Morgan fingerprint density at radius 2 is 2.17 bits per heavy atom. The van der Waals surface area contributed by atoms with Gasteiger partial charge in [0.15, 0.2) is 0 Å². The maximum atomic E-state index is 9.25. The third-order valence-electron chi connectivity index (χ3n) is 1.72. The second-order valence-corrected chi connectivity index (χ2v) is 2.86. The van der Waals surface area contributed by atoms with E-state index >= 15 is 0 Å². The number of nitrogens with two attached hydrogens (primary N) is 1. The SMILES string of the molecule is C=C[C@H](N)c1cc(C)cc(O)c1. The summed E-state index contributed by atoms with van der Waals surface area (Å²) < 4.78 is 0. The van der Waals surface area contributed by atoms with Gasteiger partial charge in [-0.2, -0.15) is 0 Å². The van der Waals surface area contributed by atoms with Crippen molar-refractivity contribution in [1.29, 1.82) is 0 Å². The van der Waals surface area contributed by atoms with Crippen LogP contribution in [0.15, 0.2) is 30.9 Å². The van der Waals surface area contributed by atoms with Crippen LogP contribution in [-0.2, 0) is 0 Å². The van der Waals surface area contributed by atoms with E-state index in [4.69, 9.17) is 5.73 Å². The van der Waals surface area contributed by atoms with E-state index in [1.54, 1.807) is 18.2 Å². The van der Waals surface area contributed by atoms with E-state index in [0.29, 0.717) is 0 Å². The lowest BCUT2D eigenvalue weighted by molar-refractivity contribution is 0.474. The molecule has 1 atom stereocenters. The molecule has 0 aliphatic carbocycles. The highest BCUT2D eigenvalue weighted by atomic mass is 16.3. The van der Waals surface area contributed by atoms with Crippen LogP contribution < -0.4 is 5.73 Å². The number of rotatable bonds is 2. The summed E-state index contributed by atoms with van der Waals surface area (Å²) >= 11 is 0. The van der Waals surface area contributed by atoms with E-state index in [2.05, 4.69) is 6.58 Å². The first kappa shape index (κ1) is 8.81. The maximum Gasteiger partial charge on any atom is 0.116 e. The summed E-state index contributed by atoms with van der Waals surface area (Å²) in [4.78, 5) is 0. The monoisotopic (exact) mass is 163 g/mol. The van der Waals surface area contributed by atoms with E-state index in [1.807, 2.05) is 13.0 Å². The molecule has 0 radical (unpaired) electrons. The summed E-state index contributed by atoms with van der Waals surface area (Å²) in [6.45, 7) is 5.51. The van der Waals surface area contributed by atoms with Crippen LogP contribution in [0.2, 0.25) is 0 Å². The molecule has 12 heavy (non-hydrogen) atoms. The summed E-state index contributed by atoms with van der Waals surface area (Å²) in [5.74, 6) is 0.252. The van der Waals surface area contributed by atoms with Gasteiger partial charge in [0, 0.05) is 6.04 Å². The summed E-state index contributed by atoms with van der Waals surface area (Å²) in [7, 11) is 0.